The van der Waals surface area contributed by atoms with Crippen LogP contribution in [0.1, 0.15) is 72.8 Å². The van der Waals surface area contributed by atoms with E-state index in [9.17, 15) is 14.4 Å². The number of carbonyl (C=O) groups is 3. The van der Waals surface area contributed by atoms with Crippen molar-refractivity contribution in [2.24, 2.45) is 17.8 Å². The zero-order valence-electron chi connectivity index (χ0n) is 24.3. The Morgan fingerprint density at radius 2 is 1.85 bits per heavy atom. The monoisotopic (exact) mass is 539 g/mol. The van der Waals surface area contributed by atoms with Gasteiger partial charge in [-0.25, -0.2) is 4.79 Å². The minimum Gasteiger partial charge on any atom is -0.494 e. The van der Waals surface area contributed by atoms with Gasteiger partial charge in [0, 0.05) is 6.42 Å². The molecule has 39 heavy (non-hydrogen) atoms. The second kappa shape index (κ2) is 15.3. The minimum atomic E-state index is -0.942. The van der Waals surface area contributed by atoms with E-state index in [0.717, 1.165) is 11.1 Å². The van der Waals surface area contributed by atoms with Crippen molar-refractivity contribution in [1.29, 1.82) is 0 Å². The van der Waals surface area contributed by atoms with Crippen molar-refractivity contribution in [3.05, 3.63) is 72.0 Å². The number of benzene rings is 1. The summed E-state index contributed by atoms with van der Waals surface area (Å²) in [6.07, 6.45) is 7.05. The van der Waals surface area contributed by atoms with Crippen molar-refractivity contribution in [3.63, 3.8) is 0 Å². The predicted molar refractivity (Wildman–Crippen MR) is 152 cm³/mol. The Bertz CT molecular complexity index is 1030. The summed E-state index contributed by atoms with van der Waals surface area (Å²) < 4.78 is 17.1. The molecule has 1 unspecified atom stereocenters. The summed E-state index contributed by atoms with van der Waals surface area (Å²) in [5, 5.41) is 2.94. The number of hydrogen-bond acceptors (Lipinski definition) is 6. The molecule has 0 spiro atoms. The number of hydrogen-bond donors (Lipinski definition) is 1. The summed E-state index contributed by atoms with van der Waals surface area (Å²) in [7, 11) is 0. The van der Waals surface area contributed by atoms with Gasteiger partial charge >= 0.3 is 11.9 Å². The maximum atomic E-state index is 13.8. The van der Waals surface area contributed by atoms with Gasteiger partial charge in [-0.05, 0) is 70.1 Å². The number of esters is 2. The van der Waals surface area contributed by atoms with Gasteiger partial charge in [0.05, 0.1) is 18.4 Å². The molecular weight excluding hydrogens is 494 g/mol. The number of amides is 1. The topological polar surface area (TPSA) is 90.9 Å². The van der Waals surface area contributed by atoms with E-state index in [1.807, 2.05) is 84.0 Å². The van der Waals surface area contributed by atoms with Crippen molar-refractivity contribution < 1.29 is 28.6 Å². The highest BCUT2D eigenvalue weighted by Gasteiger charge is 2.38. The van der Waals surface area contributed by atoms with Crippen LogP contribution in [0.25, 0.3) is 0 Å². The molecule has 1 aliphatic heterocycles. The maximum Gasteiger partial charge on any atom is 0.329 e. The van der Waals surface area contributed by atoms with Crippen LogP contribution >= 0.6 is 0 Å². The number of rotatable bonds is 6. The highest BCUT2D eigenvalue weighted by molar-refractivity contribution is 5.89. The predicted octanol–water partition coefficient (Wildman–Crippen LogP) is 6.05. The molecule has 7 heteroatoms. The van der Waals surface area contributed by atoms with Crippen LogP contribution < -0.4 is 5.32 Å². The van der Waals surface area contributed by atoms with E-state index in [2.05, 4.69) is 11.9 Å². The second-order valence-electron chi connectivity index (χ2n) is 11.4. The zero-order valence-corrected chi connectivity index (χ0v) is 24.3. The molecule has 214 valence electrons. The Balaban J connectivity index is 2.42. The molecule has 7 nitrogen and oxygen atoms in total. The molecule has 1 aliphatic rings. The third-order valence-corrected chi connectivity index (χ3v) is 6.32. The molecule has 3 atom stereocenters. The van der Waals surface area contributed by atoms with E-state index in [1.54, 1.807) is 6.08 Å². The van der Waals surface area contributed by atoms with Gasteiger partial charge in [0.15, 0.2) is 0 Å². The van der Waals surface area contributed by atoms with Gasteiger partial charge in [0.1, 0.15) is 24.0 Å². The SMILES string of the molecule is C=C1/C=C\C(=C/C)CC(C(=O)OCc2ccccc2)NC(=O)[C@H](CC(C)C)[C@@H](C(=O)OC(C)(C)C)CCCO1. The average Bonchev–Trinajstić information content (AvgIpc) is 2.86. The number of carbonyl (C=O) groups excluding carboxylic acids is 3. The lowest BCUT2D eigenvalue weighted by Gasteiger charge is -2.31. The minimum absolute atomic E-state index is 0.0909. The normalized spacial score (nSPS) is 23.4. The number of nitrogens with one attached hydrogen (secondary N) is 1. The lowest BCUT2D eigenvalue weighted by atomic mass is 9.81. The Morgan fingerprint density at radius 1 is 1.15 bits per heavy atom. The third kappa shape index (κ3) is 11.5. The summed E-state index contributed by atoms with van der Waals surface area (Å²) in [5.41, 5.74) is 0.957. The van der Waals surface area contributed by atoms with Gasteiger partial charge in [-0.2, -0.15) is 0 Å². The van der Waals surface area contributed by atoms with Gasteiger partial charge in [-0.1, -0.05) is 62.9 Å². The molecule has 1 heterocycles. The molecule has 1 aromatic rings. The van der Waals surface area contributed by atoms with Crippen molar-refractivity contribution in [2.75, 3.05) is 6.61 Å². The maximum absolute atomic E-state index is 13.8. The molecule has 0 saturated carbocycles. The summed E-state index contributed by atoms with van der Waals surface area (Å²) >= 11 is 0. The van der Waals surface area contributed by atoms with E-state index < -0.39 is 35.4 Å². The van der Waals surface area contributed by atoms with Crippen LogP contribution in [0.3, 0.4) is 0 Å². The van der Waals surface area contributed by atoms with Gasteiger partial charge in [0.25, 0.3) is 0 Å². The molecule has 0 aromatic heterocycles. The summed E-state index contributed by atoms with van der Waals surface area (Å²) in [5.74, 6) is -2.08. The largest absolute Gasteiger partial charge is 0.494 e. The van der Waals surface area contributed by atoms with Crippen molar-refractivity contribution in [1.82, 2.24) is 5.32 Å². The fourth-order valence-corrected chi connectivity index (χ4v) is 4.40. The summed E-state index contributed by atoms with van der Waals surface area (Å²) in [6, 6.07) is 8.43. The number of allylic oxidation sites excluding steroid dienone is 3. The molecule has 0 fully saturated rings. The van der Waals surface area contributed by atoms with E-state index in [-0.39, 0.29) is 24.9 Å². The van der Waals surface area contributed by atoms with Gasteiger partial charge in [-0.15, -0.1) is 0 Å². The van der Waals surface area contributed by atoms with E-state index in [0.29, 0.717) is 31.6 Å². The molecule has 1 amide bonds. The highest BCUT2D eigenvalue weighted by Crippen LogP contribution is 2.29. The molecule has 0 saturated heterocycles. The van der Waals surface area contributed by atoms with Crippen molar-refractivity contribution in [2.45, 2.75) is 85.5 Å². The Labute approximate surface area is 233 Å². The van der Waals surface area contributed by atoms with E-state index >= 15 is 0 Å². The van der Waals surface area contributed by atoms with Crippen molar-refractivity contribution in [3.8, 4) is 0 Å². The van der Waals surface area contributed by atoms with Gasteiger partial charge < -0.3 is 19.5 Å². The first-order valence-electron chi connectivity index (χ1n) is 13.8. The third-order valence-electron chi connectivity index (χ3n) is 6.32. The molecule has 1 N–H and O–H groups in total. The Morgan fingerprint density at radius 3 is 2.46 bits per heavy atom. The fourth-order valence-electron chi connectivity index (χ4n) is 4.40. The van der Waals surface area contributed by atoms with E-state index in [4.69, 9.17) is 14.2 Å². The molecule has 1 aromatic carbocycles. The molecule has 0 radical (unpaired) electrons. The van der Waals surface area contributed by atoms with Crippen LogP contribution in [0.5, 0.6) is 0 Å². The highest BCUT2D eigenvalue weighted by atomic mass is 16.6. The first-order valence-corrected chi connectivity index (χ1v) is 13.8. The van der Waals surface area contributed by atoms with E-state index in [1.165, 1.54) is 0 Å². The molecule has 0 aliphatic carbocycles. The second-order valence-corrected chi connectivity index (χ2v) is 11.4. The number of ether oxygens (including phenoxy) is 3. The van der Waals surface area contributed by atoms with Gasteiger partial charge in [0.2, 0.25) is 5.91 Å². The average molecular weight is 540 g/mol. The fraction of sp³-hybridized carbons (Fsp3) is 0.531. The standard InChI is InChI=1S/C32H45NO6/c1-8-24-17-16-23(4)37-18-12-15-26(30(35)39-32(5,6)7)27(19-22(2)3)29(34)33-28(20-24)31(36)38-21-25-13-10-9-11-14-25/h8-11,13-14,16-17,22,26-28H,4,12,15,18-21H2,1-3,5-7H3,(H,33,34)/b17-16-,24-8+/t26-,27+,28?/m0/s1. The van der Waals surface area contributed by atoms with Crippen LogP contribution in [-0.4, -0.2) is 36.1 Å². The van der Waals surface area contributed by atoms with Crippen LogP contribution in [0.4, 0.5) is 0 Å². The van der Waals surface area contributed by atoms with Crippen LogP contribution in [0, 0.1) is 17.8 Å². The van der Waals surface area contributed by atoms with Crippen LogP contribution in [0.2, 0.25) is 0 Å². The Kier molecular flexibility index (Phi) is 12.5. The summed E-state index contributed by atoms with van der Waals surface area (Å²) in [4.78, 5) is 40.5. The first-order chi connectivity index (χ1) is 18.4. The van der Waals surface area contributed by atoms with Crippen molar-refractivity contribution >= 4 is 17.8 Å². The quantitative estimate of drug-likeness (QED) is 0.443. The molecule has 2 rings (SSSR count). The lowest BCUT2D eigenvalue weighted by molar-refractivity contribution is -0.164. The summed E-state index contributed by atoms with van der Waals surface area (Å²) in [6.45, 7) is 15.7. The molecular formula is C32H45NO6. The van der Waals surface area contributed by atoms with Crippen LogP contribution in [-0.2, 0) is 35.2 Å². The smallest absolute Gasteiger partial charge is 0.329 e. The lowest BCUT2D eigenvalue weighted by Crippen LogP contribution is -2.48. The Hall–Kier alpha value is -3.35. The molecule has 0 bridgehead atoms. The zero-order chi connectivity index (χ0) is 29.0. The van der Waals surface area contributed by atoms with Gasteiger partial charge in [-0.3, -0.25) is 9.59 Å². The van der Waals surface area contributed by atoms with Crippen LogP contribution in [0.15, 0.2) is 66.5 Å². The first kappa shape index (κ1) is 31.9.